The Morgan fingerprint density at radius 3 is 2.38 bits per heavy atom. The number of carbonyl (C=O) groups excluding carboxylic acids is 2. The maximum Gasteiger partial charge on any atom is 0.356 e. The molecule has 0 aliphatic carbocycles. The molecular weight excluding hydrogens is 306 g/mol. The van der Waals surface area contributed by atoms with Crippen LogP contribution in [0.25, 0.3) is 11.3 Å². The largest absolute Gasteiger partial charge is 0.451 e. The van der Waals surface area contributed by atoms with Gasteiger partial charge in [0.25, 0.3) is 5.91 Å². The molecule has 0 saturated carbocycles. The molecule has 2 N–H and O–H groups in total. The van der Waals surface area contributed by atoms with Gasteiger partial charge in [0.1, 0.15) is 5.69 Å². The molecule has 0 aliphatic rings. The topological polar surface area (TPSA) is 84.1 Å². The zero-order valence-electron chi connectivity index (χ0n) is 12.7. The summed E-state index contributed by atoms with van der Waals surface area (Å²) in [5.41, 5.74) is 2.36. The molecule has 1 amide bonds. The normalized spacial score (nSPS) is 10.2. The van der Waals surface area contributed by atoms with Gasteiger partial charge in [-0.1, -0.05) is 48.5 Å². The number of nitrogens with zero attached hydrogens (tertiary/aromatic N) is 1. The highest BCUT2D eigenvalue weighted by Gasteiger charge is 2.14. The third-order valence-corrected chi connectivity index (χ3v) is 3.26. The Morgan fingerprint density at radius 1 is 1.00 bits per heavy atom. The van der Waals surface area contributed by atoms with E-state index < -0.39 is 11.9 Å². The third kappa shape index (κ3) is 3.86. The van der Waals surface area contributed by atoms with Crippen molar-refractivity contribution in [3.8, 4) is 11.3 Å². The number of anilines is 1. The number of nitrogens with one attached hydrogen (secondary N) is 2. The lowest BCUT2D eigenvalue weighted by Crippen LogP contribution is -2.21. The lowest BCUT2D eigenvalue weighted by Gasteiger charge is -2.05. The fourth-order valence-corrected chi connectivity index (χ4v) is 2.11. The van der Waals surface area contributed by atoms with Gasteiger partial charge in [0, 0.05) is 11.3 Å². The molecule has 0 bridgehead atoms. The molecule has 24 heavy (non-hydrogen) atoms. The first kappa shape index (κ1) is 15.5. The molecule has 6 heteroatoms. The Kier molecular flexibility index (Phi) is 4.67. The van der Waals surface area contributed by atoms with Crippen LogP contribution >= 0.6 is 0 Å². The van der Waals surface area contributed by atoms with Gasteiger partial charge in [0.2, 0.25) is 0 Å². The van der Waals surface area contributed by atoms with E-state index >= 15 is 0 Å². The van der Waals surface area contributed by atoms with Crippen LogP contribution in [-0.4, -0.2) is 28.7 Å². The van der Waals surface area contributed by atoms with E-state index in [2.05, 4.69) is 15.5 Å². The number of esters is 1. The van der Waals surface area contributed by atoms with Gasteiger partial charge < -0.3 is 10.1 Å². The van der Waals surface area contributed by atoms with Crippen LogP contribution in [0.1, 0.15) is 10.5 Å². The van der Waals surface area contributed by atoms with Crippen molar-refractivity contribution in [1.29, 1.82) is 0 Å². The number of hydrogen-bond donors (Lipinski definition) is 2. The second-order valence-corrected chi connectivity index (χ2v) is 5.02. The second-order valence-electron chi connectivity index (χ2n) is 5.02. The highest BCUT2D eigenvalue weighted by atomic mass is 16.5. The molecule has 6 nitrogen and oxygen atoms in total. The number of hydrogen-bond acceptors (Lipinski definition) is 4. The molecule has 0 radical (unpaired) electrons. The van der Waals surface area contributed by atoms with E-state index in [-0.39, 0.29) is 12.3 Å². The maximum absolute atomic E-state index is 12.0. The molecule has 120 valence electrons. The van der Waals surface area contributed by atoms with E-state index in [9.17, 15) is 9.59 Å². The van der Waals surface area contributed by atoms with Gasteiger partial charge in [-0.25, -0.2) is 4.79 Å². The Hall–Kier alpha value is -3.41. The quantitative estimate of drug-likeness (QED) is 0.708. The van der Waals surface area contributed by atoms with Crippen LogP contribution in [0.2, 0.25) is 0 Å². The van der Waals surface area contributed by atoms with Crippen molar-refractivity contribution in [2.75, 3.05) is 11.9 Å². The molecular formula is C18H15N3O3. The van der Waals surface area contributed by atoms with Gasteiger partial charge in [-0.05, 0) is 18.2 Å². The first-order chi connectivity index (χ1) is 11.7. The van der Waals surface area contributed by atoms with Gasteiger partial charge in [-0.2, -0.15) is 5.10 Å². The Labute approximate surface area is 138 Å². The molecule has 1 aromatic heterocycles. The molecule has 2 aromatic carbocycles. The van der Waals surface area contributed by atoms with Crippen molar-refractivity contribution in [2.24, 2.45) is 0 Å². The lowest BCUT2D eigenvalue weighted by atomic mass is 10.1. The minimum Gasteiger partial charge on any atom is -0.451 e. The van der Waals surface area contributed by atoms with Crippen LogP contribution in [0, 0.1) is 0 Å². The van der Waals surface area contributed by atoms with Crippen LogP contribution in [0.5, 0.6) is 0 Å². The minimum atomic E-state index is -0.632. The van der Waals surface area contributed by atoms with E-state index in [4.69, 9.17) is 4.74 Å². The number of amides is 1. The summed E-state index contributed by atoms with van der Waals surface area (Å²) in [5, 5.41) is 9.33. The van der Waals surface area contributed by atoms with E-state index in [1.54, 1.807) is 30.3 Å². The molecule has 3 rings (SSSR count). The number of rotatable bonds is 5. The summed E-state index contributed by atoms with van der Waals surface area (Å²) >= 11 is 0. The minimum absolute atomic E-state index is 0.196. The average molecular weight is 321 g/mol. The first-order valence-electron chi connectivity index (χ1n) is 7.35. The van der Waals surface area contributed by atoms with Crippen LogP contribution in [0.15, 0.2) is 66.7 Å². The Balaban J connectivity index is 1.56. The Morgan fingerprint density at radius 2 is 1.67 bits per heavy atom. The van der Waals surface area contributed by atoms with E-state index in [0.717, 1.165) is 5.56 Å². The van der Waals surface area contributed by atoms with Crippen LogP contribution in [0.4, 0.5) is 5.69 Å². The first-order valence-corrected chi connectivity index (χ1v) is 7.35. The van der Waals surface area contributed by atoms with E-state index in [1.165, 1.54) is 0 Å². The zero-order valence-corrected chi connectivity index (χ0v) is 12.7. The monoisotopic (exact) mass is 321 g/mol. The molecule has 0 unspecified atom stereocenters. The number of carbonyl (C=O) groups is 2. The molecule has 0 atom stereocenters. The smallest absolute Gasteiger partial charge is 0.356 e. The van der Waals surface area contributed by atoms with Crippen LogP contribution in [-0.2, 0) is 9.53 Å². The number of aromatic nitrogens is 2. The van der Waals surface area contributed by atoms with E-state index in [1.807, 2.05) is 36.4 Å². The fraction of sp³-hybridized carbons (Fsp3) is 0.0556. The zero-order chi connectivity index (χ0) is 16.8. The summed E-state index contributed by atoms with van der Waals surface area (Å²) in [6.45, 7) is -0.368. The summed E-state index contributed by atoms with van der Waals surface area (Å²) in [7, 11) is 0. The summed E-state index contributed by atoms with van der Waals surface area (Å²) in [5.74, 6) is -1.04. The van der Waals surface area contributed by atoms with E-state index in [0.29, 0.717) is 11.4 Å². The molecule has 0 aliphatic heterocycles. The molecule has 1 heterocycles. The number of ether oxygens (including phenoxy) is 1. The molecule has 3 aromatic rings. The number of H-pyrrole nitrogens is 1. The highest BCUT2D eigenvalue weighted by Crippen LogP contribution is 2.17. The highest BCUT2D eigenvalue weighted by molar-refractivity contribution is 5.95. The lowest BCUT2D eigenvalue weighted by molar-refractivity contribution is -0.119. The molecule has 0 saturated heterocycles. The summed E-state index contributed by atoms with van der Waals surface area (Å²) < 4.78 is 4.99. The number of aromatic amines is 1. The van der Waals surface area contributed by atoms with Crippen molar-refractivity contribution in [2.45, 2.75) is 0 Å². The van der Waals surface area contributed by atoms with Gasteiger partial charge in [-0.15, -0.1) is 0 Å². The standard InChI is InChI=1S/C18H15N3O3/c22-17(19-14-9-5-2-6-10-14)12-24-18(23)16-11-15(20-21-16)13-7-3-1-4-8-13/h1-11H,12H2,(H,19,22)(H,20,21). The predicted octanol–water partition coefficient (Wildman–Crippen LogP) is 2.87. The van der Waals surface area contributed by atoms with Crippen molar-refractivity contribution < 1.29 is 14.3 Å². The maximum atomic E-state index is 12.0. The van der Waals surface area contributed by atoms with Crippen molar-refractivity contribution in [3.05, 3.63) is 72.4 Å². The fourth-order valence-electron chi connectivity index (χ4n) is 2.11. The third-order valence-electron chi connectivity index (χ3n) is 3.26. The number of para-hydroxylation sites is 1. The summed E-state index contributed by atoms with van der Waals surface area (Å²) in [4.78, 5) is 23.7. The number of benzene rings is 2. The molecule has 0 spiro atoms. The van der Waals surface area contributed by atoms with Gasteiger partial charge in [0.15, 0.2) is 6.61 Å². The van der Waals surface area contributed by atoms with Gasteiger partial charge in [0.05, 0.1) is 5.69 Å². The predicted molar refractivity (Wildman–Crippen MR) is 89.4 cm³/mol. The van der Waals surface area contributed by atoms with Crippen molar-refractivity contribution >= 4 is 17.6 Å². The second kappa shape index (κ2) is 7.23. The van der Waals surface area contributed by atoms with Crippen LogP contribution < -0.4 is 5.32 Å². The SMILES string of the molecule is O=C(COC(=O)c1cc(-c2ccccc2)n[nH]1)Nc1ccccc1. The van der Waals surface area contributed by atoms with Crippen LogP contribution in [0.3, 0.4) is 0 Å². The Bertz CT molecular complexity index is 829. The molecule has 0 fully saturated rings. The van der Waals surface area contributed by atoms with Crippen molar-refractivity contribution in [1.82, 2.24) is 10.2 Å². The van der Waals surface area contributed by atoms with Gasteiger partial charge >= 0.3 is 5.97 Å². The van der Waals surface area contributed by atoms with Gasteiger partial charge in [-0.3, -0.25) is 9.89 Å². The summed E-state index contributed by atoms with van der Waals surface area (Å²) in [6.07, 6.45) is 0. The van der Waals surface area contributed by atoms with Crippen molar-refractivity contribution in [3.63, 3.8) is 0 Å². The average Bonchev–Trinajstić information content (AvgIpc) is 3.11. The summed E-state index contributed by atoms with van der Waals surface area (Å²) in [6, 6.07) is 20.0.